The van der Waals surface area contributed by atoms with Gasteiger partial charge < -0.3 is 10.6 Å². The van der Waals surface area contributed by atoms with Crippen molar-refractivity contribution in [2.45, 2.75) is 27.2 Å². The Morgan fingerprint density at radius 3 is 2.33 bits per heavy atom. The third kappa shape index (κ3) is 3.92. The maximum atomic E-state index is 12.0. The molecule has 1 aromatic carbocycles. The Morgan fingerprint density at radius 2 is 1.81 bits per heavy atom. The van der Waals surface area contributed by atoms with E-state index >= 15 is 0 Å². The Labute approximate surface area is 122 Å². The minimum absolute atomic E-state index is 0.120. The van der Waals surface area contributed by atoms with Crippen LogP contribution in [0.25, 0.3) is 0 Å². The van der Waals surface area contributed by atoms with E-state index in [1.54, 1.807) is 12.1 Å². The fourth-order valence-corrected chi connectivity index (χ4v) is 1.88. The summed E-state index contributed by atoms with van der Waals surface area (Å²) in [6, 6.07) is 7.17. The lowest BCUT2D eigenvalue weighted by atomic mass is 10.1. The molecule has 0 aliphatic heterocycles. The van der Waals surface area contributed by atoms with Crippen molar-refractivity contribution in [3.8, 4) is 0 Å². The van der Waals surface area contributed by atoms with E-state index in [-0.39, 0.29) is 18.2 Å². The molecule has 0 spiro atoms. The van der Waals surface area contributed by atoms with Crippen LogP contribution in [0.2, 0.25) is 0 Å². The first-order chi connectivity index (χ1) is 9.95. The van der Waals surface area contributed by atoms with Gasteiger partial charge in [-0.2, -0.15) is 5.10 Å². The number of aryl methyl sites for hydroxylation is 1. The number of H-pyrrole nitrogens is 1. The number of nitrogens with zero attached hydrogens (tertiary/aromatic N) is 1. The van der Waals surface area contributed by atoms with Gasteiger partial charge in [0.2, 0.25) is 11.8 Å². The molecule has 110 valence electrons. The number of nitrogens with one attached hydrogen (secondary N) is 3. The third-order valence-corrected chi connectivity index (χ3v) is 3.15. The second-order valence-corrected chi connectivity index (χ2v) is 4.93. The van der Waals surface area contributed by atoms with Crippen LogP contribution >= 0.6 is 0 Å². The molecule has 0 fully saturated rings. The van der Waals surface area contributed by atoms with Crippen LogP contribution in [0.1, 0.15) is 23.7 Å². The number of carbonyl (C=O) groups is 2. The molecule has 0 aliphatic rings. The summed E-state index contributed by atoms with van der Waals surface area (Å²) >= 11 is 0. The molecule has 3 N–H and O–H groups in total. The van der Waals surface area contributed by atoms with Crippen molar-refractivity contribution >= 4 is 23.3 Å². The number of hydrogen-bond donors (Lipinski definition) is 3. The normalized spacial score (nSPS) is 10.2. The highest BCUT2D eigenvalue weighted by Gasteiger charge is 2.10. The average Bonchev–Trinajstić information content (AvgIpc) is 2.72. The second-order valence-electron chi connectivity index (χ2n) is 4.93. The molecule has 1 heterocycles. The Hall–Kier alpha value is -2.63. The molecule has 1 aromatic heterocycles. The van der Waals surface area contributed by atoms with Crippen LogP contribution in [0.5, 0.6) is 0 Å². The second kappa shape index (κ2) is 6.21. The predicted molar refractivity (Wildman–Crippen MR) is 81.1 cm³/mol. The third-order valence-electron chi connectivity index (χ3n) is 3.15. The maximum Gasteiger partial charge on any atom is 0.230 e. The lowest BCUT2D eigenvalue weighted by molar-refractivity contribution is -0.116. The van der Waals surface area contributed by atoms with Crippen molar-refractivity contribution in [3.05, 3.63) is 41.1 Å². The highest BCUT2D eigenvalue weighted by atomic mass is 16.2. The van der Waals surface area contributed by atoms with Gasteiger partial charge in [0.25, 0.3) is 0 Å². The number of aromatic nitrogens is 2. The van der Waals surface area contributed by atoms with Crippen molar-refractivity contribution in [1.82, 2.24) is 10.2 Å². The fraction of sp³-hybridized carbons (Fsp3) is 0.267. The summed E-state index contributed by atoms with van der Waals surface area (Å²) in [7, 11) is 0. The van der Waals surface area contributed by atoms with Crippen LogP contribution in [0.15, 0.2) is 24.3 Å². The molecular formula is C15H18N4O2. The van der Waals surface area contributed by atoms with Gasteiger partial charge in [0.05, 0.1) is 6.42 Å². The first-order valence-corrected chi connectivity index (χ1v) is 6.63. The summed E-state index contributed by atoms with van der Waals surface area (Å²) < 4.78 is 0. The lowest BCUT2D eigenvalue weighted by Crippen LogP contribution is -2.15. The van der Waals surface area contributed by atoms with E-state index in [0.717, 1.165) is 16.8 Å². The van der Waals surface area contributed by atoms with E-state index in [4.69, 9.17) is 0 Å². The van der Waals surface area contributed by atoms with Gasteiger partial charge in [-0.1, -0.05) is 12.1 Å². The minimum Gasteiger partial charge on any atom is -0.326 e. The molecule has 0 saturated heterocycles. The van der Waals surface area contributed by atoms with E-state index < -0.39 is 0 Å². The molecule has 0 saturated carbocycles. The molecule has 0 atom stereocenters. The van der Waals surface area contributed by atoms with Crippen LogP contribution in [-0.2, 0) is 16.0 Å². The molecule has 0 unspecified atom stereocenters. The van der Waals surface area contributed by atoms with Gasteiger partial charge in [-0.15, -0.1) is 0 Å². The van der Waals surface area contributed by atoms with Gasteiger partial charge in [-0.25, -0.2) is 0 Å². The quantitative estimate of drug-likeness (QED) is 0.805. The molecule has 0 radical (unpaired) electrons. The first-order valence-electron chi connectivity index (χ1n) is 6.63. The van der Waals surface area contributed by atoms with Crippen LogP contribution in [0, 0.1) is 13.8 Å². The minimum atomic E-state index is -0.128. The molecule has 6 heteroatoms. The number of anilines is 2. The monoisotopic (exact) mass is 286 g/mol. The molecule has 2 amide bonds. The van der Waals surface area contributed by atoms with Crippen LogP contribution in [0.4, 0.5) is 11.5 Å². The van der Waals surface area contributed by atoms with Gasteiger partial charge in [0, 0.05) is 23.9 Å². The number of hydrogen-bond acceptors (Lipinski definition) is 3. The van der Waals surface area contributed by atoms with Gasteiger partial charge in [-0.3, -0.25) is 14.7 Å². The predicted octanol–water partition coefficient (Wildman–Crippen LogP) is 2.17. The summed E-state index contributed by atoms with van der Waals surface area (Å²) in [5.74, 6) is 0.314. The Morgan fingerprint density at radius 1 is 1.14 bits per heavy atom. The van der Waals surface area contributed by atoms with Crippen LogP contribution < -0.4 is 10.6 Å². The molecule has 21 heavy (non-hydrogen) atoms. The molecule has 6 nitrogen and oxygen atoms in total. The molecule has 0 aliphatic carbocycles. The first kappa shape index (κ1) is 14.8. The highest BCUT2D eigenvalue weighted by Crippen LogP contribution is 2.15. The molecule has 0 bridgehead atoms. The molecule has 2 aromatic rings. The smallest absolute Gasteiger partial charge is 0.230 e. The number of rotatable bonds is 4. The van der Waals surface area contributed by atoms with Gasteiger partial charge in [0.15, 0.2) is 5.82 Å². The summed E-state index contributed by atoms with van der Waals surface area (Å²) in [5, 5.41) is 12.3. The molecular weight excluding hydrogens is 268 g/mol. The fourth-order valence-electron chi connectivity index (χ4n) is 1.88. The van der Waals surface area contributed by atoms with Crippen molar-refractivity contribution in [1.29, 1.82) is 0 Å². The standard InChI is InChI=1S/C15H18N4O2/c1-9-10(2)18-19-15(9)17-14(21)8-12-4-6-13(7-5-12)16-11(3)20/h4-7H,8H2,1-3H3,(H,16,20)(H2,17,18,19,21). The van der Waals surface area contributed by atoms with Crippen molar-refractivity contribution in [3.63, 3.8) is 0 Å². The van der Waals surface area contributed by atoms with E-state index in [9.17, 15) is 9.59 Å². The number of benzene rings is 1. The zero-order valence-corrected chi connectivity index (χ0v) is 12.3. The summed E-state index contributed by atoms with van der Waals surface area (Å²) in [6.45, 7) is 5.25. The topological polar surface area (TPSA) is 86.9 Å². The lowest BCUT2D eigenvalue weighted by Gasteiger charge is -2.05. The Balaban J connectivity index is 1.96. The average molecular weight is 286 g/mol. The summed E-state index contributed by atoms with van der Waals surface area (Å²) in [5.41, 5.74) is 3.45. The largest absolute Gasteiger partial charge is 0.326 e. The van der Waals surface area contributed by atoms with E-state index in [2.05, 4.69) is 20.8 Å². The molecule has 2 rings (SSSR count). The van der Waals surface area contributed by atoms with Gasteiger partial charge >= 0.3 is 0 Å². The van der Waals surface area contributed by atoms with E-state index in [1.165, 1.54) is 6.92 Å². The van der Waals surface area contributed by atoms with Crippen LogP contribution in [-0.4, -0.2) is 22.0 Å². The van der Waals surface area contributed by atoms with E-state index in [1.807, 2.05) is 26.0 Å². The SMILES string of the molecule is CC(=O)Nc1ccc(CC(=O)Nc2n[nH]c(C)c2C)cc1. The van der Waals surface area contributed by atoms with Crippen molar-refractivity contribution in [2.24, 2.45) is 0 Å². The zero-order chi connectivity index (χ0) is 15.4. The Kier molecular flexibility index (Phi) is 4.37. The van der Waals surface area contributed by atoms with Gasteiger partial charge in [0.1, 0.15) is 0 Å². The maximum absolute atomic E-state index is 12.0. The Bertz CT molecular complexity index is 659. The summed E-state index contributed by atoms with van der Waals surface area (Å²) in [4.78, 5) is 22.9. The number of carbonyl (C=O) groups excluding carboxylic acids is 2. The number of aromatic amines is 1. The highest BCUT2D eigenvalue weighted by molar-refractivity contribution is 5.92. The van der Waals surface area contributed by atoms with Gasteiger partial charge in [-0.05, 0) is 31.5 Å². The van der Waals surface area contributed by atoms with Crippen molar-refractivity contribution in [2.75, 3.05) is 10.6 Å². The summed E-state index contributed by atoms with van der Waals surface area (Å²) in [6.07, 6.45) is 0.256. The zero-order valence-electron chi connectivity index (χ0n) is 12.3. The van der Waals surface area contributed by atoms with Crippen molar-refractivity contribution < 1.29 is 9.59 Å². The van der Waals surface area contributed by atoms with E-state index in [0.29, 0.717) is 11.5 Å². The number of amides is 2. The van der Waals surface area contributed by atoms with Crippen LogP contribution in [0.3, 0.4) is 0 Å².